The van der Waals surface area contributed by atoms with Crippen molar-refractivity contribution in [2.45, 2.75) is 13.0 Å². The van der Waals surface area contributed by atoms with Crippen molar-refractivity contribution in [3.8, 4) is 0 Å². The molecule has 0 spiro atoms. The van der Waals surface area contributed by atoms with Gasteiger partial charge in [-0.3, -0.25) is 0 Å². The average molecular weight is 214 g/mol. The first-order chi connectivity index (χ1) is 6.91. The molecule has 0 amide bonds. The lowest BCUT2D eigenvalue weighted by molar-refractivity contribution is -0.890. The van der Waals surface area contributed by atoms with Gasteiger partial charge in [0.1, 0.15) is 25.8 Å². The number of likely N-dealkylation sites (N-methyl/N-ethyl adjacent to an activating group) is 1. The molecule has 0 aliphatic carbocycles. The first-order valence-corrected chi connectivity index (χ1v) is 5.17. The maximum Gasteiger partial charge on any atom is 0.333 e. The Labute approximate surface area is 91.1 Å². The molecule has 15 heavy (non-hydrogen) atoms. The highest BCUT2D eigenvalue weighted by molar-refractivity contribution is 5.86. The van der Waals surface area contributed by atoms with E-state index in [2.05, 4.69) is 20.7 Å². The van der Waals surface area contributed by atoms with Crippen LogP contribution in [0.2, 0.25) is 0 Å². The van der Waals surface area contributed by atoms with Crippen molar-refractivity contribution in [2.24, 2.45) is 0 Å². The number of epoxide rings is 1. The van der Waals surface area contributed by atoms with Crippen LogP contribution in [0.5, 0.6) is 0 Å². The second kappa shape index (κ2) is 4.77. The lowest BCUT2D eigenvalue weighted by atomic mass is 10.3. The van der Waals surface area contributed by atoms with E-state index in [-0.39, 0.29) is 5.97 Å². The van der Waals surface area contributed by atoms with E-state index >= 15 is 0 Å². The van der Waals surface area contributed by atoms with Gasteiger partial charge >= 0.3 is 5.97 Å². The number of carbonyl (C=O) groups excluding carboxylic acids is 1. The minimum absolute atomic E-state index is 0.308. The van der Waals surface area contributed by atoms with E-state index < -0.39 is 0 Å². The van der Waals surface area contributed by atoms with Crippen LogP contribution in [0.3, 0.4) is 0 Å². The van der Waals surface area contributed by atoms with Crippen molar-refractivity contribution < 1.29 is 18.8 Å². The van der Waals surface area contributed by atoms with Gasteiger partial charge in [0.15, 0.2) is 0 Å². The number of nitrogens with zero attached hydrogens (tertiary/aromatic N) is 1. The molecule has 1 aliphatic rings. The van der Waals surface area contributed by atoms with Crippen molar-refractivity contribution in [3.05, 3.63) is 12.2 Å². The molecular formula is C11H20NO3+. The van der Waals surface area contributed by atoms with E-state index in [1.165, 1.54) is 0 Å². The molecule has 0 saturated carbocycles. The molecule has 1 saturated heterocycles. The van der Waals surface area contributed by atoms with Crippen molar-refractivity contribution in [1.29, 1.82) is 0 Å². The van der Waals surface area contributed by atoms with Crippen molar-refractivity contribution in [3.63, 3.8) is 0 Å². The molecule has 1 rings (SSSR count). The highest BCUT2D eigenvalue weighted by Crippen LogP contribution is 2.13. The molecule has 0 bridgehead atoms. The molecule has 1 heterocycles. The Hall–Kier alpha value is -0.870. The number of hydrogen-bond acceptors (Lipinski definition) is 3. The first kappa shape index (κ1) is 12.2. The van der Waals surface area contributed by atoms with Gasteiger partial charge in [-0.2, -0.15) is 0 Å². The van der Waals surface area contributed by atoms with Crippen LogP contribution in [0.15, 0.2) is 12.2 Å². The molecule has 86 valence electrons. The summed E-state index contributed by atoms with van der Waals surface area (Å²) in [5.41, 5.74) is 0.450. The standard InChI is InChI=1S/C11H20NO3/c1-9(2)11(13)14-6-5-12(3,4)7-10-8-15-10/h10H,1,5-8H2,2-4H3/q+1. The minimum atomic E-state index is -0.308. The summed E-state index contributed by atoms with van der Waals surface area (Å²) < 4.78 is 11.0. The van der Waals surface area contributed by atoms with E-state index in [1.807, 2.05) is 0 Å². The summed E-state index contributed by atoms with van der Waals surface area (Å²) in [4.78, 5) is 11.1. The monoisotopic (exact) mass is 214 g/mol. The summed E-state index contributed by atoms with van der Waals surface area (Å²) in [5, 5.41) is 0. The first-order valence-electron chi connectivity index (χ1n) is 5.17. The predicted octanol–water partition coefficient (Wildman–Crippen LogP) is 0.581. The van der Waals surface area contributed by atoms with Crippen LogP contribution >= 0.6 is 0 Å². The Morgan fingerprint density at radius 3 is 2.67 bits per heavy atom. The number of esters is 1. The van der Waals surface area contributed by atoms with Gasteiger partial charge in [0.2, 0.25) is 0 Å². The third-order valence-electron chi connectivity index (χ3n) is 2.38. The maximum absolute atomic E-state index is 11.1. The summed E-state index contributed by atoms with van der Waals surface area (Å²) in [6.07, 6.45) is 0.400. The highest BCUT2D eigenvalue weighted by atomic mass is 16.6. The second-order valence-corrected chi connectivity index (χ2v) is 4.71. The number of carbonyl (C=O) groups is 1. The Morgan fingerprint density at radius 2 is 2.20 bits per heavy atom. The number of hydrogen-bond donors (Lipinski definition) is 0. The summed E-state index contributed by atoms with van der Waals surface area (Å²) >= 11 is 0. The molecular weight excluding hydrogens is 194 g/mol. The number of quaternary nitrogens is 1. The van der Waals surface area contributed by atoms with Crippen LogP contribution in [-0.4, -0.2) is 57.0 Å². The average Bonchev–Trinajstić information content (AvgIpc) is 2.86. The normalized spacial score (nSPS) is 19.8. The molecule has 1 atom stereocenters. The van der Waals surface area contributed by atoms with Gasteiger partial charge in [-0.15, -0.1) is 0 Å². The van der Waals surface area contributed by atoms with Crippen LogP contribution in [0.25, 0.3) is 0 Å². The largest absolute Gasteiger partial charge is 0.456 e. The molecule has 0 aromatic rings. The van der Waals surface area contributed by atoms with Gasteiger partial charge in [-0.05, 0) is 6.92 Å². The molecule has 1 fully saturated rings. The van der Waals surface area contributed by atoms with Gasteiger partial charge in [0.05, 0.1) is 20.7 Å². The van der Waals surface area contributed by atoms with E-state index in [0.29, 0.717) is 18.3 Å². The van der Waals surface area contributed by atoms with Crippen LogP contribution in [0, 0.1) is 0 Å². The van der Waals surface area contributed by atoms with Crippen molar-refractivity contribution in [1.82, 2.24) is 0 Å². The third-order valence-corrected chi connectivity index (χ3v) is 2.38. The van der Waals surface area contributed by atoms with Crippen molar-refractivity contribution in [2.75, 3.05) is 40.4 Å². The van der Waals surface area contributed by atoms with E-state index in [4.69, 9.17) is 9.47 Å². The zero-order valence-electron chi connectivity index (χ0n) is 9.78. The smallest absolute Gasteiger partial charge is 0.333 e. The molecule has 0 aromatic heterocycles. The molecule has 4 heteroatoms. The lowest BCUT2D eigenvalue weighted by Crippen LogP contribution is -2.45. The number of rotatable bonds is 6. The SMILES string of the molecule is C=C(C)C(=O)OCC[N+](C)(C)CC1CO1. The predicted molar refractivity (Wildman–Crippen MR) is 57.4 cm³/mol. The van der Waals surface area contributed by atoms with Crippen LogP contribution in [-0.2, 0) is 14.3 Å². The molecule has 1 unspecified atom stereocenters. The van der Waals surface area contributed by atoms with Crippen LogP contribution in [0.1, 0.15) is 6.92 Å². The summed E-state index contributed by atoms with van der Waals surface area (Å²) in [6, 6.07) is 0. The maximum atomic E-state index is 11.1. The summed E-state index contributed by atoms with van der Waals surface area (Å²) in [6.45, 7) is 8.27. The summed E-state index contributed by atoms with van der Waals surface area (Å²) in [7, 11) is 4.21. The molecule has 4 nitrogen and oxygen atoms in total. The Morgan fingerprint density at radius 1 is 1.60 bits per heavy atom. The lowest BCUT2D eigenvalue weighted by Gasteiger charge is -2.28. The molecule has 0 aromatic carbocycles. The van der Waals surface area contributed by atoms with Gasteiger partial charge in [0.25, 0.3) is 0 Å². The Bertz CT molecular complexity index is 257. The second-order valence-electron chi connectivity index (χ2n) is 4.71. The quantitative estimate of drug-likeness (QED) is 0.281. The van der Waals surface area contributed by atoms with Gasteiger partial charge in [-0.25, -0.2) is 4.79 Å². The molecule has 0 N–H and O–H groups in total. The van der Waals surface area contributed by atoms with Gasteiger partial charge in [0, 0.05) is 5.57 Å². The molecule has 0 radical (unpaired) electrons. The number of ether oxygens (including phenoxy) is 2. The van der Waals surface area contributed by atoms with E-state index in [9.17, 15) is 4.79 Å². The van der Waals surface area contributed by atoms with Gasteiger partial charge in [-0.1, -0.05) is 6.58 Å². The Kier molecular flexibility index (Phi) is 3.88. The summed E-state index contributed by atoms with van der Waals surface area (Å²) in [5.74, 6) is -0.308. The zero-order chi connectivity index (χ0) is 11.5. The third kappa shape index (κ3) is 4.95. The zero-order valence-corrected chi connectivity index (χ0v) is 9.78. The van der Waals surface area contributed by atoms with E-state index in [1.54, 1.807) is 6.92 Å². The fourth-order valence-electron chi connectivity index (χ4n) is 1.32. The Balaban J connectivity index is 2.17. The van der Waals surface area contributed by atoms with Crippen molar-refractivity contribution >= 4 is 5.97 Å². The fourth-order valence-corrected chi connectivity index (χ4v) is 1.32. The fraction of sp³-hybridized carbons (Fsp3) is 0.727. The topological polar surface area (TPSA) is 38.8 Å². The highest BCUT2D eigenvalue weighted by Gasteiger charge is 2.31. The van der Waals surface area contributed by atoms with Gasteiger partial charge < -0.3 is 14.0 Å². The minimum Gasteiger partial charge on any atom is -0.456 e. The van der Waals surface area contributed by atoms with E-state index in [0.717, 1.165) is 24.2 Å². The molecule has 1 aliphatic heterocycles. The van der Waals surface area contributed by atoms with Crippen LogP contribution < -0.4 is 0 Å². The van der Waals surface area contributed by atoms with Crippen LogP contribution in [0.4, 0.5) is 0 Å².